The van der Waals surface area contributed by atoms with E-state index in [1.54, 1.807) is 13.3 Å². The van der Waals surface area contributed by atoms with Gasteiger partial charge >= 0.3 is 0 Å². The maximum atomic E-state index is 6.53. The van der Waals surface area contributed by atoms with Gasteiger partial charge < -0.3 is 9.64 Å². The average Bonchev–Trinajstić information content (AvgIpc) is 2.80. The van der Waals surface area contributed by atoms with Crippen LogP contribution in [0.2, 0.25) is 5.02 Å². The van der Waals surface area contributed by atoms with Crippen LogP contribution >= 0.6 is 11.6 Å². The van der Waals surface area contributed by atoms with Gasteiger partial charge in [-0.15, -0.1) is 0 Å². The molecule has 1 aliphatic carbocycles. The van der Waals surface area contributed by atoms with Crippen LogP contribution in [0.5, 0.6) is 5.75 Å². The molecule has 2 fully saturated rings. The molecule has 1 aromatic carbocycles. The Morgan fingerprint density at radius 1 is 1.03 bits per heavy atom. The fourth-order valence-electron chi connectivity index (χ4n) is 5.49. The van der Waals surface area contributed by atoms with Crippen LogP contribution in [0.1, 0.15) is 69.8 Å². The number of methoxy groups -OCH3 is 1. The van der Waals surface area contributed by atoms with Crippen LogP contribution in [0, 0.1) is 11.8 Å². The number of aryl methyl sites for hydroxylation is 1. The Hall–Kier alpha value is -1.32. The first-order valence-electron chi connectivity index (χ1n) is 12.1. The Bertz CT molecular complexity index is 810. The van der Waals surface area contributed by atoms with Gasteiger partial charge in [0.25, 0.3) is 0 Å². The second-order valence-electron chi connectivity index (χ2n) is 9.44. The van der Waals surface area contributed by atoms with Gasteiger partial charge in [-0.2, -0.15) is 0 Å². The third-order valence-electron chi connectivity index (χ3n) is 7.46. The summed E-state index contributed by atoms with van der Waals surface area (Å²) in [5.41, 5.74) is 2.23. The second-order valence-corrected chi connectivity index (χ2v) is 9.84. The Morgan fingerprint density at radius 2 is 1.80 bits per heavy atom. The lowest BCUT2D eigenvalue weighted by Gasteiger charge is -2.33. The molecule has 4 heteroatoms. The van der Waals surface area contributed by atoms with E-state index in [4.69, 9.17) is 16.3 Å². The van der Waals surface area contributed by atoms with Gasteiger partial charge in [0.2, 0.25) is 0 Å². The number of hydrogen-bond donors (Lipinski definition) is 0. The van der Waals surface area contributed by atoms with E-state index >= 15 is 0 Å². The molecular weight excluding hydrogens is 392 g/mol. The molecule has 0 amide bonds. The molecule has 1 aliphatic heterocycles. The molecule has 1 aromatic heterocycles. The van der Waals surface area contributed by atoms with Crippen LogP contribution in [0.25, 0.3) is 10.9 Å². The van der Waals surface area contributed by atoms with Gasteiger partial charge in [0, 0.05) is 11.6 Å². The molecule has 2 aromatic rings. The van der Waals surface area contributed by atoms with Gasteiger partial charge in [0.15, 0.2) is 0 Å². The summed E-state index contributed by atoms with van der Waals surface area (Å²) in [6.07, 6.45) is 16.9. The quantitative estimate of drug-likeness (QED) is 0.457. The van der Waals surface area contributed by atoms with Crippen molar-refractivity contribution in [1.29, 1.82) is 0 Å². The number of benzene rings is 1. The summed E-state index contributed by atoms with van der Waals surface area (Å²) < 4.78 is 5.41. The van der Waals surface area contributed by atoms with Crippen molar-refractivity contribution in [3.63, 3.8) is 0 Å². The molecule has 30 heavy (non-hydrogen) atoms. The van der Waals surface area contributed by atoms with E-state index in [-0.39, 0.29) is 0 Å². The molecular formula is C26H37ClN2O. The SMILES string of the molecule is COc1ccc2ncc(Cl)c(CCCC3CCN(CCC4CCCCC4)CC3)c2c1. The largest absolute Gasteiger partial charge is 0.497 e. The van der Waals surface area contributed by atoms with Crippen molar-refractivity contribution < 1.29 is 4.74 Å². The van der Waals surface area contributed by atoms with Crippen LogP contribution in [0.15, 0.2) is 24.4 Å². The Labute approximate surface area is 187 Å². The normalized spacial score (nSPS) is 19.4. The topological polar surface area (TPSA) is 25.4 Å². The molecule has 0 bridgehead atoms. The molecule has 0 radical (unpaired) electrons. The fourth-order valence-corrected chi connectivity index (χ4v) is 5.74. The van der Waals surface area contributed by atoms with Crippen LogP contribution < -0.4 is 4.74 Å². The zero-order valence-electron chi connectivity index (χ0n) is 18.5. The first-order valence-corrected chi connectivity index (χ1v) is 12.4. The number of pyridine rings is 1. The number of piperidine rings is 1. The molecule has 0 N–H and O–H groups in total. The lowest BCUT2D eigenvalue weighted by atomic mass is 9.86. The smallest absolute Gasteiger partial charge is 0.119 e. The minimum Gasteiger partial charge on any atom is -0.497 e. The van der Waals surface area contributed by atoms with E-state index in [2.05, 4.69) is 16.0 Å². The molecule has 4 rings (SSSR count). The zero-order chi connectivity index (χ0) is 20.8. The van der Waals surface area contributed by atoms with Crippen LogP contribution in [0.4, 0.5) is 0 Å². The van der Waals surface area contributed by atoms with Crippen molar-refractivity contribution in [2.45, 2.75) is 70.6 Å². The molecule has 164 valence electrons. The fraction of sp³-hybridized carbons (Fsp3) is 0.654. The lowest BCUT2D eigenvalue weighted by molar-refractivity contribution is 0.162. The third-order valence-corrected chi connectivity index (χ3v) is 7.78. The summed E-state index contributed by atoms with van der Waals surface area (Å²) in [5, 5.41) is 1.92. The monoisotopic (exact) mass is 428 g/mol. The summed E-state index contributed by atoms with van der Waals surface area (Å²) in [7, 11) is 1.71. The molecule has 2 heterocycles. The highest BCUT2D eigenvalue weighted by Gasteiger charge is 2.21. The first kappa shape index (κ1) is 21.9. The summed E-state index contributed by atoms with van der Waals surface area (Å²) in [6, 6.07) is 6.07. The number of fused-ring (bicyclic) bond motifs is 1. The van der Waals surface area contributed by atoms with Gasteiger partial charge in [-0.25, -0.2) is 0 Å². The highest BCUT2D eigenvalue weighted by atomic mass is 35.5. The zero-order valence-corrected chi connectivity index (χ0v) is 19.3. The Morgan fingerprint density at radius 3 is 2.57 bits per heavy atom. The van der Waals surface area contributed by atoms with Crippen molar-refractivity contribution in [3.8, 4) is 5.75 Å². The molecule has 0 atom stereocenters. The second kappa shape index (κ2) is 10.8. The molecule has 0 unspecified atom stereocenters. The van der Waals surface area contributed by atoms with E-state index in [0.29, 0.717) is 0 Å². The molecule has 2 aliphatic rings. The molecule has 3 nitrogen and oxygen atoms in total. The van der Waals surface area contributed by atoms with Crippen molar-refractivity contribution >= 4 is 22.5 Å². The Balaban J connectivity index is 1.23. The number of nitrogens with zero attached hydrogens (tertiary/aromatic N) is 2. The van der Waals surface area contributed by atoms with Gasteiger partial charge in [0.1, 0.15) is 5.75 Å². The standard InChI is InChI=1S/C26H37ClN2O/c1-30-22-10-11-26-24(18-22)23(25(27)19-28-26)9-5-8-21-13-16-29(17-14-21)15-12-20-6-3-2-4-7-20/h10-11,18-21H,2-9,12-17H2,1H3. The van der Waals surface area contributed by atoms with E-state index in [1.807, 2.05) is 12.1 Å². The maximum absolute atomic E-state index is 6.53. The van der Waals surface area contributed by atoms with Gasteiger partial charge in [-0.1, -0.05) is 50.1 Å². The Kier molecular flexibility index (Phi) is 7.89. The third kappa shape index (κ3) is 5.68. The van der Waals surface area contributed by atoms with Gasteiger partial charge in [0.05, 0.1) is 17.6 Å². The minimum absolute atomic E-state index is 0.785. The number of aromatic nitrogens is 1. The minimum atomic E-state index is 0.785. The van der Waals surface area contributed by atoms with E-state index in [0.717, 1.165) is 39.9 Å². The van der Waals surface area contributed by atoms with Crippen LogP contribution in [-0.2, 0) is 6.42 Å². The van der Waals surface area contributed by atoms with Crippen LogP contribution in [-0.4, -0.2) is 36.6 Å². The van der Waals surface area contributed by atoms with E-state index in [1.165, 1.54) is 89.4 Å². The van der Waals surface area contributed by atoms with Crippen LogP contribution in [0.3, 0.4) is 0 Å². The number of likely N-dealkylation sites (tertiary alicyclic amines) is 1. The van der Waals surface area contributed by atoms with Gasteiger partial charge in [-0.05, 0) is 87.3 Å². The maximum Gasteiger partial charge on any atom is 0.119 e. The molecule has 1 saturated heterocycles. The van der Waals surface area contributed by atoms with Crippen molar-refractivity contribution in [1.82, 2.24) is 9.88 Å². The number of rotatable bonds is 8. The summed E-state index contributed by atoms with van der Waals surface area (Å²) in [4.78, 5) is 7.21. The van der Waals surface area contributed by atoms with Gasteiger partial charge in [-0.3, -0.25) is 4.98 Å². The average molecular weight is 429 g/mol. The lowest BCUT2D eigenvalue weighted by Crippen LogP contribution is -2.35. The van der Waals surface area contributed by atoms with Crippen molar-refractivity contribution in [2.24, 2.45) is 11.8 Å². The highest BCUT2D eigenvalue weighted by Crippen LogP contribution is 2.31. The summed E-state index contributed by atoms with van der Waals surface area (Å²) in [6.45, 7) is 3.93. The number of hydrogen-bond acceptors (Lipinski definition) is 3. The van der Waals surface area contributed by atoms with E-state index in [9.17, 15) is 0 Å². The molecule has 1 saturated carbocycles. The first-order chi connectivity index (χ1) is 14.7. The van der Waals surface area contributed by atoms with Crippen molar-refractivity contribution in [3.05, 3.63) is 35.0 Å². The highest BCUT2D eigenvalue weighted by molar-refractivity contribution is 6.32. The van der Waals surface area contributed by atoms with Crippen molar-refractivity contribution in [2.75, 3.05) is 26.7 Å². The van der Waals surface area contributed by atoms with E-state index < -0.39 is 0 Å². The predicted molar refractivity (Wildman–Crippen MR) is 127 cm³/mol. The number of halogens is 1. The molecule has 0 spiro atoms. The summed E-state index contributed by atoms with van der Waals surface area (Å²) in [5.74, 6) is 2.75. The predicted octanol–water partition coefficient (Wildman–Crippen LogP) is 6.90. The number of ether oxygens (including phenoxy) is 1. The summed E-state index contributed by atoms with van der Waals surface area (Å²) >= 11 is 6.53.